The van der Waals surface area contributed by atoms with E-state index in [0.717, 1.165) is 16.9 Å². The Hall–Kier alpha value is -2.98. The summed E-state index contributed by atoms with van der Waals surface area (Å²) in [7, 11) is 0. The van der Waals surface area contributed by atoms with Crippen LogP contribution in [0.1, 0.15) is 5.56 Å². The van der Waals surface area contributed by atoms with Crippen molar-refractivity contribution >= 4 is 11.4 Å². The molecule has 27 heavy (non-hydrogen) atoms. The van der Waals surface area contributed by atoms with Crippen molar-refractivity contribution in [2.24, 2.45) is 0 Å². The van der Waals surface area contributed by atoms with E-state index in [1.807, 2.05) is 0 Å². The zero-order valence-corrected chi connectivity index (χ0v) is 13.9. The minimum atomic E-state index is -4.39. The first-order chi connectivity index (χ1) is 12.9. The SMILES string of the molecule is OCC(O)Cn1nnc(-c2ccccc2Nc2ccc(C(F)(F)F)cc2)n1. The van der Waals surface area contributed by atoms with E-state index in [0.29, 0.717) is 16.9 Å². The molecule has 7 nitrogen and oxygen atoms in total. The molecule has 3 aromatic rings. The van der Waals surface area contributed by atoms with Crippen molar-refractivity contribution in [1.29, 1.82) is 0 Å². The molecule has 0 radical (unpaired) electrons. The molecule has 1 unspecified atom stereocenters. The van der Waals surface area contributed by atoms with Crippen LogP contribution in [0.5, 0.6) is 0 Å². The molecule has 0 amide bonds. The largest absolute Gasteiger partial charge is 0.416 e. The summed E-state index contributed by atoms with van der Waals surface area (Å²) < 4.78 is 38.0. The molecule has 2 aromatic carbocycles. The van der Waals surface area contributed by atoms with E-state index in [9.17, 15) is 18.3 Å². The number of aromatic nitrogens is 4. The molecule has 0 aliphatic carbocycles. The van der Waals surface area contributed by atoms with Gasteiger partial charge in [0.25, 0.3) is 0 Å². The molecule has 3 rings (SSSR count). The number of rotatable bonds is 6. The lowest BCUT2D eigenvalue weighted by molar-refractivity contribution is -0.137. The van der Waals surface area contributed by atoms with Gasteiger partial charge in [-0.3, -0.25) is 0 Å². The minimum Gasteiger partial charge on any atom is -0.394 e. The molecule has 10 heteroatoms. The van der Waals surface area contributed by atoms with Crippen LogP contribution < -0.4 is 5.32 Å². The zero-order chi connectivity index (χ0) is 19.4. The third kappa shape index (κ3) is 4.60. The smallest absolute Gasteiger partial charge is 0.394 e. The van der Waals surface area contributed by atoms with Gasteiger partial charge in [-0.05, 0) is 41.6 Å². The lowest BCUT2D eigenvalue weighted by Gasteiger charge is -2.11. The van der Waals surface area contributed by atoms with Gasteiger partial charge >= 0.3 is 6.18 Å². The Morgan fingerprint density at radius 1 is 1.07 bits per heavy atom. The van der Waals surface area contributed by atoms with E-state index < -0.39 is 24.5 Å². The second-order valence-corrected chi connectivity index (χ2v) is 5.75. The normalized spacial score (nSPS) is 12.8. The minimum absolute atomic E-state index is 0.0159. The van der Waals surface area contributed by atoms with Gasteiger partial charge in [-0.25, -0.2) is 0 Å². The van der Waals surface area contributed by atoms with Crippen LogP contribution in [0, 0.1) is 0 Å². The van der Waals surface area contributed by atoms with Crippen molar-refractivity contribution in [2.75, 3.05) is 11.9 Å². The number of alkyl halides is 3. The number of para-hydroxylation sites is 1. The summed E-state index contributed by atoms with van der Waals surface area (Å²) in [4.78, 5) is 1.16. The number of aliphatic hydroxyl groups is 2. The molecule has 1 atom stereocenters. The van der Waals surface area contributed by atoms with Crippen molar-refractivity contribution in [3.8, 4) is 11.4 Å². The van der Waals surface area contributed by atoms with Crippen LogP contribution >= 0.6 is 0 Å². The van der Waals surface area contributed by atoms with Crippen molar-refractivity contribution in [1.82, 2.24) is 20.2 Å². The first-order valence-corrected chi connectivity index (χ1v) is 7.97. The van der Waals surface area contributed by atoms with Gasteiger partial charge in [0, 0.05) is 16.9 Å². The Morgan fingerprint density at radius 2 is 1.78 bits per heavy atom. The van der Waals surface area contributed by atoms with E-state index in [1.54, 1.807) is 24.3 Å². The standard InChI is InChI=1S/C17H16F3N5O2/c18-17(19,20)11-5-7-12(8-6-11)21-15-4-2-1-3-14(15)16-22-24-25(23-16)9-13(27)10-26/h1-8,13,21,26-27H,9-10H2. The highest BCUT2D eigenvalue weighted by Crippen LogP contribution is 2.32. The fraction of sp³-hybridized carbons (Fsp3) is 0.235. The molecule has 0 bridgehead atoms. The third-order valence-corrected chi connectivity index (χ3v) is 3.70. The summed E-state index contributed by atoms with van der Waals surface area (Å²) >= 11 is 0. The maximum Gasteiger partial charge on any atom is 0.416 e. The van der Waals surface area contributed by atoms with Gasteiger partial charge < -0.3 is 15.5 Å². The van der Waals surface area contributed by atoms with Crippen molar-refractivity contribution < 1.29 is 23.4 Å². The maximum absolute atomic E-state index is 12.7. The summed E-state index contributed by atoms with van der Waals surface area (Å²) in [6, 6.07) is 11.6. The fourth-order valence-corrected chi connectivity index (χ4v) is 2.36. The molecule has 142 valence electrons. The van der Waals surface area contributed by atoms with E-state index >= 15 is 0 Å². The van der Waals surface area contributed by atoms with E-state index in [4.69, 9.17) is 5.11 Å². The first kappa shape index (κ1) is 18.8. The molecule has 0 aliphatic heterocycles. The number of hydrogen-bond donors (Lipinski definition) is 3. The fourth-order valence-electron chi connectivity index (χ4n) is 2.36. The van der Waals surface area contributed by atoms with Gasteiger partial charge in [0.2, 0.25) is 5.82 Å². The predicted octanol–water partition coefficient (Wildman–Crippen LogP) is 2.46. The quantitative estimate of drug-likeness (QED) is 0.609. The van der Waals surface area contributed by atoms with Crippen molar-refractivity contribution in [2.45, 2.75) is 18.8 Å². The molecular formula is C17H16F3N5O2. The van der Waals surface area contributed by atoms with Crippen molar-refractivity contribution in [3.05, 3.63) is 54.1 Å². The Balaban J connectivity index is 1.82. The Morgan fingerprint density at radius 3 is 2.44 bits per heavy atom. The zero-order valence-electron chi connectivity index (χ0n) is 13.9. The first-order valence-electron chi connectivity index (χ1n) is 7.97. The van der Waals surface area contributed by atoms with E-state index in [-0.39, 0.29) is 12.4 Å². The van der Waals surface area contributed by atoms with E-state index in [1.165, 1.54) is 12.1 Å². The molecule has 0 saturated carbocycles. The summed E-state index contributed by atoms with van der Waals surface area (Å²) in [5, 5.41) is 33.3. The molecule has 1 heterocycles. The average molecular weight is 379 g/mol. The summed E-state index contributed by atoms with van der Waals surface area (Å²) in [6.45, 7) is -0.444. The van der Waals surface area contributed by atoms with Gasteiger partial charge in [-0.2, -0.15) is 18.0 Å². The third-order valence-electron chi connectivity index (χ3n) is 3.70. The highest BCUT2D eigenvalue weighted by atomic mass is 19.4. The van der Waals surface area contributed by atoms with E-state index in [2.05, 4.69) is 20.7 Å². The summed E-state index contributed by atoms with van der Waals surface area (Å²) in [6.07, 6.45) is -5.40. The van der Waals surface area contributed by atoms with Crippen LogP contribution in [0.15, 0.2) is 48.5 Å². The number of benzene rings is 2. The summed E-state index contributed by atoms with van der Waals surface area (Å²) in [5.74, 6) is 0.273. The summed E-state index contributed by atoms with van der Waals surface area (Å²) in [5.41, 5.74) is 0.911. The molecule has 0 fully saturated rings. The number of nitrogens with one attached hydrogen (secondary N) is 1. The van der Waals surface area contributed by atoms with Gasteiger partial charge in [-0.15, -0.1) is 10.2 Å². The number of halogens is 3. The molecule has 0 saturated heterocycles. The molecule has 0 spiro atoms. The van der Waals surface area contributed by atoms with Gasteiger partial charge in [-0.1, -0.05) is 12.1 Å². The number of aliphatic hydroxyl groups excluding tert-OH is 2. The topological polar surface area (TPSA) is 96.1 Å². The van der Waals surface area contributed by atoms with Gasteiger partial charge in [0.1, 0.15) is 0 Å². The number of anilines is 2. The second kappa shape index (κ2) is 7.72. The number of nitrogens with zero attached hydrogens (tertiary/aromatic N) is 4. The molecule has 3 N–H and O–H groups in total. The van der Waals surface area contributed by atoms with Gasteiger partial charge in [0.15, 0.2) is 0 Å². The number of tetrazole rings is 1. The average Bonchev–Trinajstić information content (AvgIpc) is 3.10. The molecule has 0 aliphatic rings. The van der Waals surface area contributed by atoms with Crippen LogP contribution in [0.4, 0.5) is 24.5 Å². The second-order valence-electron chi connectivity index (χ2n) is 5.75. The molecular weight excluding hydrogens is 363 g/mol. The Kier molecular flexibility index (Phi) is 5.38. The monoisotopic (exact) mass is 379 g/mol. The van der Waals surface area contributed by atoms with Crippen LogP contribution in [-0.2, 0) is 12.7 Å². The highest BCUT2D eigenvalue weighted by Gasteiger charge is 2.29. The highest BCUT2D eigenvalue weighted by molar-refractivity contribution is 5.77. The lowest BCUT2D eigenvalue weighted by atomic mass is 10.1. The van der Waals surface area contributed by atoms with Crippen molar-refractivity contribution in [3.63, 3.8) is 0 Å². The Labute approximate surface area is 152 Å². The lowest BCUT2D eigenvalue weighted by Crippen LogP contribution is -2.21. The Bertz CT molecular complexity index is 896. The van der Waals surface area contributed by atoms with Crippen LogP contribution in [-0.4, -0.2) is 43.1 Å². The molecule has 1 aromatic heterocycles. The van der Waals surface area contributed by atoms with Crippen LogP contribution in [0.3, 0.4) is 0 Å². The van der Waals surface area contributed by atoms with Crippen LogP contribution in [0.25, 0.3) is 11.4 Å². The number of hydrogen-bond acceptors (Lipinski definition) is 6. The van der Waals surface area contributed by atoms with Crippen LogP contribution in [0.2, 0.25) is 0 Å². The van der Waals surface area contributed by atoms with Gasteiger partial charge in [0.05, 0.1) is 24.8 Å². The predicted molar refractivity (Wildman–Crippen MR) is 91.1 cm³/mol. The maximum atomic E-state index is 12.7.